The van der Waals surface area contributed by atoms with E-state index >= 15 is 0 Å². The van der Waals surface area contributed by atoms with Gasteiger partial charge in [-0.05, 0) is 37.2 Å². The molecule has 7 heteroatoms. The molecule has 110 valence electrons. The second-order valence-corrected chi connectivity index (χ2v) is 5.30. The standard InChI is InChI=1S/C13H14ClF3N2O/c1-7(8-5-18-6-8)12(20)19-11-4-9(13(15,16)17)2-3-10(11)14/h2-4,7-8,18H,5-6H2,1H3,(H,19,20). The summed E-state index contributed by atoms with van der Waals surface area (Å²) in [5, 5.41) is 5.61. The Kier molecular flexibility index (Phi) is 4.25. The average Bonchev–Trinajstić information content (AvgIpc) is 2.28. The molecule has 0 bridgehead atoms. The normalized spacial score (nSPS) is 17.4. The molecule has 1 saturated heterocycles. The number of halogens is 4. The highest BCUT2D eigenvalue weighted by atomic mass is 35.5. The fourth-order valence-electron chi connectivity index (χ4n) is 1.92. The van der Waals surface area contributed by atoms with Gasteiger partial charge < -0.3 is 10.6 Å². The number of benzene rings is 1. The maximum Gasteiger partial charge on any atom is 0.416 e. The monoisotopic (exact) mass is 306 g/mol. The number of hydrogen-bond donors (Lipinski definition) is 2. The van der Waals surface area contributed by atoms with Crippen molar-refractivity contribution in [3.63, 3.8) is 0 Å². The lowest BCUT2D eigenvalue weighted by atomic mass is 9.88. The molecule has 1 fully saturated rings. The molecule has 1 atom stereocenters. The summed E-state index contributed by atoms with van der Waals surface area (Å²) in [6, 6.07) is 2.87. The predicted octanol–water partition coefficient (Wildman–Crippen LogP) is 3.15. The number of anilines is 1. The van der Waals surface area contributed by atoms with Crippen LogP contribution in [-0.4, -0.2) is 19.0 Å². The summed E-state index contributed by atoms with van der Waals surface area (Å²) in [5.74, 6) is -0.390. The van der Waals surface area contributed by atoms with Gasteiger partial charge in [0, 0.05) is 5.92 Å². The summed E-state index contributed by atoms with van der Waals surface area (Å²) in [4.78, 5) is 12.0. The van der Waals surface area contributed by atoms with Crippen molar-refractivity contribution >= 4 is 23.2 Å². The van der Waals surface area contributed by atoms with Gasteiger partial charge >= 0.3 is 6.18 Å². The van der Waals surface area contributed by atoms with Crippen LogP contribution < -0.4 is 10.6 Å². The van der Waals surface area contributed by atoms with E-state index in [0.29, 0.717) is 0 Å². The first-order chi connectivity index (χ1) is 9.29. The van der Waals surface area contributed by atoms with Gasteiger partial charge in [0.15, 0.2) is 0 Å². The van der Waals surface area contributed by atoms with Crippen LogP contribution in [-0.2, 0) is 11.0 Å². The molecule has 2 N–H and O–H groups in total. The van der Waals surface area contributed by atoms with Crippen LogP contribution in [0.3, 0.4) is 0 Å². The fourth-order valence-corrected chi connectivity index (χ4v) is 2.09. The number of alkyl halides is 3. The molecule has 1 aliphatic heterocycles. The van der Waals surface area contributed by atoms with Gasteiger partial charge in [-0.25, -0.2) is 0 Å². The summed E-state index contributed by atoms with van der Waals surface area (Å²) >= 11 is 5.83. The highest BCUT2D eigenvalue weighted by molar-refractivity contribution is 6.33. The maximum absolute atomic E-state index is 12.6. The first kappa shape index (κ1) is 15.1. The van der Waals surface area contributed by atoms with Crippen LogP contribution in [0.15, 0.2) is 18.2 Å². The quantitative estimate of drug-likeness (QED) is 0.900. The molecular weight excluding hydrogens is 293 g/mol. The first-order valence-corrected chi connectivity index (χ1v) is 6.55. The third kappa shape index (κ3) is 3.24. The zero-order valence-corrected chi connectivity index (χ0v) is 11.5. The Morgan fingerprint density at radius 1 is 1.45 bits per heavy atom. The minimum absolute atomic E-state index is 0.00868. The molecule has 0 spiro atoms. The number of amides is 1. The molecule has 1 heterocycles. The smallest absolute Gasteiger partial charge is 0.325 e. The molecule has 0 radical (unpaired) electrons. The number of hydrogen-bond acceptors (Lipinski definition) is 2. The molecule has 0 aromatic heterocycles. The molecule has 2 rings (SSSR count). The topological polar surface area (TPSA) is 41.1 Å². The Morgan fingerprint density at radius 3 is 2.60 bits per heavy atom. The van der Waals surface area contributed by atoms with Gasteiger partial charge in [-0.2, -0.15) is 13.2 Å². The van der Waals surface area contributed by atoms with Gasteiger partial charge in [0.05, 0.1) is 16.3 Å². The minimum Gasteiger partial charge on any atom is -0.325 e. The van der Waals surface area contributed by atoms with E-state index in [1.165, 1.54) is 0 Å². The lowest BCUT2D eigenvalue weighted by Crippen LogP contribution is -2.48. The van der Waals surface area contributed by atoms with Crippen LogP contribution in [0.4, 0.5) is 18.9 Å². The average molecular weight is 307 g/mol. The first-order valence-electron chi connectivity index (χ1n) is 6.17. The van der Waals surface area contributed by atoms with E-state index in [1.807, 2.05) is 0 Å². The Labute approximate surface area is 119 Å². The number of carbonyl (C=O) groups is 1. The van der Waals surface area contributed by atoms with E-state index in [0.717, 1.165) is 31.3 Å². The van der Waals surface area contributed by atoms with Gasteiger partial charge in [-0.1, -0.05) is 18.5 Å². The molecular formula is C13H14ClF3N2O. The Hall–Kier alpha value is -1.27. The molecule has 1 aromatic rings. The number of nitrogens with one attached hydrogen (secondary N) is 2. The summed E-state index contributed by atoms with van der Waals surface area (Å²) in [7, 11) is 0. The second kappa shape index (κ2) is 5.61. The summed E-state index contributed by atoms with van der Waals surface area (Å²) in [6.07, 6.45) is -4.46. The third-order valence-corrected chi connectivity index (χ3v) is 3.81. The lowest BCUT2D eigenvalue weighted by molar-refractivity contribution is -0.137. The van der Waals surface area contributed by atoms with E-state index in [-0.39, 0.29) is 28.5 Å². The number of rotatable bonds is 3. The molecule has 0 aliphatic carbocycles. The Balaban J connectivity index is 2.13. The van der Waals surface area contributed by atoms with Crippen LogP contribution in [0.5, 0.6) is 0 Å². The van der Waals surface area contributed by atoms with Crippen LogP contribution in [0.2, 0.25) is 5.02 Å². The van der Waals surface area contributed by atoms with Crippen LogP contribution >= 0.6 is 11.6 Å². The summed E-state index contributed by atoms with van der Waals surface area (Å²) in [6.45, 7) is 3.23. The van der Waals surface area contributed by atoms with Crippen molar-refractivity contribution in [2.24, 2.45) is 11.8 Å². The summed E-state index contributed by atoms with van der Waals surface area (Å²) in [5.41, 5.74) is -0.846. The molecule has 0 saturated carbocycles. The van der Waals surface area contributed by atoms with Crippen molar-refractivity contribution in [3.8, 4) is 0 Å². The third-order valence-electron chi connectivity index (χ3n) is 3.49. The predicted molar refractivity (Wildman–Crippen MR) is 70.6 cm³/mol. The molecule has 1 amide bonds. The zero-order valence-electron chi connectivity index (χ0n) is 10.7. The SMILES string of the molecule is CC(C(=O)Nc1cc(C(F)(F)F)ccc1Cl)C1CNC1. The van der Waals surface area contributed by atoms with Crippen molar-refractivity contribution in [1.29, 1.82) is 0 Å². The second-order valence-electron chi connectivity index (χ2n) is 4.89. The highest BCUT2D eigenvalue weighted by Gasteiger charge is 2.32. The highest BCUT2D eigenvalue weighted by Crippen LogP contribution is 2.34. The Bertz CT molecular complexity index is 515. The van der Waals surface area contributed by atoms with E-state index in [2.05, 4.69) is 10.6 Å². The Morgan fingerprint density at radius 2 is 2.10 bits per heavy atom. The van der Waals surface area contributed by atoms with Gasteiger partial charge in [-0.15, -0.1) is 0 Å². The number of carbonyl (C=O) groups excluding carboxylic acids is 1. The van der Waals surface area contributed by atoms with E-state index in [4.69, 9.17) is 11.6 Å². The van der Waals surface area contributed by atoms with Gasteiger partial charge in [0.1, 0.15) is 0 Å². The van der Waals surface area contributed by atoms with Gasteiger partial charge in [0.25, 0.3) is 0 Å². The lowest BCUT2D eigenvalue weighted by Gasteiger charge is -2.31. The van der Waals surface area contributed by atoms with Crippen LogP contribution in [0.25, 0.3) is 0 Å². The van der Waals surface area contributed by atoms with Crippen molar-refractivity contribution in [2.75, 3.05) is 18.4 Å². The van der Waals surface area contributed by atoms with Gasteiger partial charge in [-0.3, -0.25) is 4.79 Å². The molecule has 3 nitrogen and oxygen atoms in total. The molecule has 1 aliphatic rings. The molecule has 1 aromatic carbocycles. The van der Waals surface area contributed by atoms with Crippen molar-refractivity contribution in [3.05, 3.63) is 28.8 Å². The van der Waals surface area contributed by atoms with Crippen molar-refractivity contribution in [1.82, 2.24) is 5.32 Å². The van der Waals surface area contributed by atoms with E-state index < -0.39 is 11.7 Å². The van der Waals surface area contributed by atoms with Crippen LogP contribution in [0, 0.1) is 11.8 Å². The van der Waals surface area contributed by atoms with Crippen LogP contribution in [0.1, 0.15) is 12.5 Å². The zero-order chi connectivity index (χ0) is 14.9. The van der Waals surface area contributed by atoms with E-state index in [1.54, 1.807) is 6.92 Å². The largest absolute Gasteiger partial charge is 0.416 e. The summed E-state index contributed by atoms with van der Waals surface area (Å²) < 4.78 is 37.9. The molecule has 1 unspecified atom stereocenters. The van der Waals surface area contributed by atoms with E-state index in [9.17, 15) is 18.0 Å². The maximum atomic E-state index is 12.6. The van der Waals surface area contributed by atoms with Gasteiger partial charge in [0.2, 0.25) is 5.91 Å². The molecule has 20 heavy (non-hydrogen) atoms. The minimum atomic E-state index is -4.46. The van der Waals surface area contributed by atoms with Crippen molar-refractivity contribution in [2.45, 2.75) is 13.1 Å². The van der Waals surface area contributed by atoms with Crippen molar-refractivity contribution < 1.29 is 18.0 Å². The fraction of sp³-hybridized carbons (Fsp3) is 0.462.